The van der Waals surface area contributed by atoms with Crippen molar-refractivity contribution in [2.45, 2.75) is 74.5 Å². The van der Waals surface area contributed by atoms with Gasteiger partial charge in [-0.2, -0.15) is 0 Å². The molecule has 0 aromatic heterocycles. The lowest BCUT2D eigenvalue weighted by atomic mass is 9.95. The van der Waals surface area contributed by atoms with Gasteiger partial charge in [-0.1, -0.05) is 109 Å². The number of hydrogen-bond acceptors (Lipinski definition) is 12. The summed E-state index contributed by atoms with van der Waals surface area (Å²) in [6.07, 6.45) is -10.6. The third-order valence-corrected chi connectivity index (χ3v) is 9.65. The van der Waals surface area contributed by atoms with Crippen molar-refractivity contribution in [2.24, 2.45) is 0 Å². The number of carbonyl (C=O) groups excluding carboxylic acids is 2. The molecule has 0 radical (unpaired) electrons. The van der Waals surface area contributed by atoms with Gasteiger partial charge < -0.3 is 47.4 Å². The van der Waals surface area contributed by atoms with Crippen LogP contribution in [0.1, 0.15) is 39.6 Å². The van der Waals surface area contributed by atoms with Crippen LogP contribution in [-0.4, -0.2) is 87.4 Å². The van der Waals surface area contributed by atoms with Gasteiger partial charge in [0.1, 0.15) is 30.5 Å². The van der Waals surface area contributed by atoms with E-state index < -0.39 is 79.6 Å². The Morgan fingerprint density at radius 3 is 1.81 bits per heavy atom. The molecular formula is C41H40O12. The lowest BCUT2D eigenvalue weighted by Crippen LogP contribution is -2.67. The van der Waals surface area contributed by atoms with Crippen molar-refractivity contribution in [3.63, 3.8) is 0 Å². The number of carbonyl (C=O) groups is 2. The average molecular weight is 725 g/mol. The summed E-state index contributed by atoms with van der Waals surface area (Å²) in [5.74, 6) is -1.16. The fourth-order valence-electron chi connectivity index (χ4n) is 6.99. The summed E-state index contributed by atoms with van der Waals surface area (Å²) < 4.78 is 62.6. The molecule has 4 saturated heterocycles. The summed E-state index contributed by atoms with van der Waals surface area (Å²) in [5.41, 5.74) is 2.73. The fourth-order valence-corrected chi connectivity index (χ4v) is 6.99. The number of fused-ring (bicyclic) bond motifs is 2. The van der Waals surface area contributed by atoms with Crippen LogP contribution in [0.25, 0.3) is 0 Å². The predicted octanol–water partition coefficient (Wildman–Crippen LogP) is 5.08. The number of esters is 1. The fraction of sp³-hybridized carbons (Fsp3) is 0.366. The van der Waals surface area contributed by atoms with Gasteiger partial charge in [0.2, 0.25) is 12.1 Å². The summed E-state index contributed by atoms with van der Waals surface area (Å²) in [7, 11) is 1.50. The Labute approximate surface area is 306 Å². The normalized spacial score (nSPS) is 32.6. The Morgan fingerprint density at radius 1 is 0.660 bits per heavy atom. The van der Waals surface area contributed by atoms with Gasteiger partial charge in [0.15, 0.2) is 31.1 Å². The molecule has 276 valence electrons. The summed E-state index contributed by atoms with van der Waals surface area (Å²) in [4.78, 5) is 28.0. The van der Waals surface area contributed by atoms with Crippen LogP contribution in [0.2, 0.25) is 0 Å². The molecule has 5 unspecified atom stereocenters. The summed E-state index contributed by atoms with van der Waals surface area (Å²) in [6, 6.07) is 36.9. The van der Waals surface area contributed by atoms with Crippen LogP contribution in [0.4, 0.5) is 0 Å². The second-order valence-electron chi connectivity index (χ2n) is 13.1. The van der Waals surface area contributed by atoms with E-state index in [1.807, 2.05) is 91.0 Å². The van der Waals surface area contributed by atoms with Crippen molar-refractivity contribution in [1.82, 2.24) is 0 Å². The van der Waals surface area contributed by atoms with Crippen LogP contribution in [-0.2, 0) is 58.8 Å². The van der Waals surface area contributed by atoms with Crippen LogP contribution in [0.15, 0.2) is 121 Å². The largest absolute Gasteiger partial charge is 0.450 e. The molecule has 4 fully saturated rings. The second-order valence-corrected chi connectivity index (χ2v) is 13.1. The van der Waals surface area contributed by atoms with Gasteiger partial charge >= 0.3 is 5.97 Å². The zero-order valence-corrected chi connectivity index (χ0v) is 28.9. The van der Waals surface area contributed by atoms with Crippen LogP contribution < -0.4 is 0 Å². The molecule has 12 heteroatoms. The van der Waals surface area contributed by atoms with Crippen molar-refractivity contribution in [3.8, 4) is 0 Å². The first-order chi connectivity index (χ1) is 26.1. The Kier molecular flexibility index (Phi) is 11.0. The molecule has 4 aromatic rings. The number of ketones is 1. The molecule has 0 bridgehead atoms. The Morgan fingerprint density at radius 2 is 1.21 bits per heavy atom. The van der Waals surface area contributed by atoms with E-state index in [4.69, 9.17) is 47.4 Å². The van der Waals surface area contributed by atoms with Crippen LogP contribution in [0.5, 0.6) is 0 Å². The Bertz CT molecular complexity index is 1800. The van der Waals surface area contributed by atoms with Gasteiger partial charge in [-0.3, -0.25) is 4.79 Å². The lowest BCUT2D eigenvalue weighted by Gasteiger charge is -2.50. The highest BCUT2D eigenvalue weighted by molar-refractivity contribution is 5.89. The molecule has 8 rings (SSSR count). The molecule has 0 N–H and O–H groups in total. The predicted molar refractivity (Wildman–Crippen MR) is 185 cm³/mol. The van der Waals surface area contributed by atoms with Gasteiger partial charge in [0.05, 0.1) is 25.4 Å². The SMILES string of the molecule is CO[C@@H]1C(OC(=O)c2ccccc2)[C@H](O[C@@H]2C(=O)[C@H](OCc3ccccc3)OC3COC(c4ccccc4)O[C@H]32)OC2COC(c3ccccc3)O[C@H]21. The number of hydrogen-bond donors (Lipinski definition) is 0. The topological polar surface area (TPSA) is 126 Å². The first-order valence-corrected chi connectivity index (χ1v) is 17.6. The van der Waals surface area contributed by atoms with Crippen molar-refractivity contribution >= 4 is 11.8 Å². The molecule has 53 heavy (non-hydrogen) atoms. The zero-order valence-electron chi connectivity index (χ0n) is 28.9. The highest BCUT2D eigenvalue weighted by Gasteiger charge is 2.57. The highest BCUT2D eigenvalue weighted by atomic mass is 16.8. The van der Waals surface area contributed by atoms with E-state index in [1.165, 1.54) is 7.11 Å². The molecule has 11 atom stereocenters. The third kappa shape index (κ3) is 7.83. The smallest absolute Gasteiger partial charge is 0.338 e. The molecule has 4 aliphatic rings. The van der Waals surface area contributed by atoms with Gasteiger partial charge in [-0.15, -0.1) is 0 Å². The molecule has 0 saturated carbocycles. The van der Waals surface area contributed by atoms with E-state index in [0.717, 1.165) is 16.7 Å². The maximum atomic E-state index is 14.4. The van der Waals surface area contributed by atoms with Crippen molar-refractivity contribution < 1.29 is 57.0 Å². The van der Waals surface area contributed by atoms with E-state index in [2.05, 4.69) is 0 Å². The quantitative estimate of drug-likeness (QED) is 0.203. The van der Waals surface area contributed by atoms with Gasteiger partial charge in [0, 0.05) is 18.2 Å². The van der Waals surface area contributed by atoms with E-state index in [0.29, 0.717) is 5.56 Å². The minimum Gasteiger partial charge on any atom is -0.450 e. The van der Waals surface area contributed by atoms with E-state index >= 15 is 0 Å². The zero-order chi connectivity index (χ0) is 36.1. The van der Waals surface area contributed by atoms with Gasteiger partial charge in [0.25, 0.3) is 0 Å². The summed E-state index contributed by atoms with van der Waals surface area (Å²) >= 11 is 0. The van der Waals surface area contributed by atoms with Crippen molar-refractivity contribution in [3.05, 3.63) is 144 Å². The average Bonchev–Trinajstić information content (AvgIpc) is 3.22. The minimum atomic E-state index is -1.32. The summed E-state index contributed by atoms with van der Waals surface area (Å²) in [5, 5.41) is 0. The maximum absolute atomic E-state index is 14.4. The van der Waals surface area contributed by atoms with E-state index in [1.54, 1.807) is 30.3 Å². The molecule has 12 nitrogen and oxygen atoms in total. The maximum Gasteiger partial charge on any atom is 0.338 e. The first-order valence-electron chi connectivity index (χ1n) is 17.6. The monoisotopic (exact) mass is 724 g/mol. The molecule has 0 aliphatic carbocycles. The molecule has 0 amide bonds. The molecule has 4 aliphatic heterocycles. The minimum absolute atomic E-state index is 0.0917. The van der Waals surface area contributed by atoms with Gasteiger partial charge in [-0.25, -0.2) is 4.79 Å². The number of benzene rings is 4. The number of rotatable bonds is 10. The van der Waals surface area contributed by atoms with Crippen LogP contribution >= 0.6 is 0 Å². The standard InChI is InChI=1S/C41H40O12/c1-44-35-33-30(24-47-39(52-33)28-20-12-5-13-21-28)49-41(36(35)50-37(43)26-16-8-3-9-17-26)53-34-31(42)40(45-22-25-14-6-2-7-15-25)48-29-23-46-38(51-32(29)34)27-18-10-4-11-19-27/h2-21,29-30,32-36,38-41H,22-24H2,1H3/t29?,30?,32-,33-,34-,35+,36?,38?,39?,40-,41+/m1/s1. The van der Waals surface area contributed by atoms with E-state index in [9.17, 15) is 9.59 Å². The number of Topliss-reactive ketones (excluding diaryl/α,β-unsaturated/α-hetero) is 1. The molecule has 4 aromatic carbocycles. The number of ether oxygens (including phenoxy) is 10. The molecular weight excluding hydrogens is 684 g/mol. The molecule has 4 heterocycles. The van der Waals surface area contributed by atoms with Crippen LogP contribution in [0.3, 0.4) is 0 Å². The second kappa shape index (κ2) is 16.4. The number of methoxy groups -OCH3 is 1. The van der Waals surface area contributed by atoms with Crippen LogP contribution in [0, 0.1) is 0 Å². The van der Waals surface area contributed by atoms with Gasteiger partial charge in [-0.05, 0) is 17.7 Å². The Balaban J connectivity index is 1.10. The van der Waals surface area contributed by atoms with Crippen molar-refractivity contribution in [2.75, 3.05) is 20.3 Å². The molecule has 0 spiro atoms. The van der Waals surface area contributed by atoms with Crippen molar-refractivity contribution in [1.29, 1.82) is 0 Å². The lowest BCUT2D eigenvalue weighted by molar-refractivity contribution is -0.381. The third-order valence-electron chi connectivity index (χ3n) is 9.65. The Hall–Kier alpha value is -4.34. The summed E-state index contributed by atoms with van der Waals surface area (Å²) in [6.45, 7) is 0.314. The highest BCUT2D eigenvalue weighted by Crippen LogP contribution is 2.40. The first kappa shape index (κ1) is 35.7. The van der Waals surface area contributed by atoms with E-state index in [-0.39, 0.29) is 19.8 Å².